The Balaban J connectivity index is 2.34. The summed E-state index contributed by atoms with van der Waals surface area (Å²) in [6, 6.07) is 13.5. The first-order chi connectivity index (χ1) is 8.66. The maximum atomic E-state index is 6.26. The summed E-state index contributed by atoms with van der Waals surface area (Å²) in [5, 5.41) is 0.626. The zero-order valence-electron chi connectivity index (χ0n) is 9.89. The zero-order chi connectivity index (χ0) is 12.7. The van der Waals surface area contributed by atoms with Crippen LogP contribution in [0.3, 0.4) is 0 Å². The normalized spacial score (nSPS) is 11.0. The van der Waals surface area contributed by atoms with Crippen LogP contribution in [0, 0.1) is 6.92 Å². The van der Waals surface area contributed by atoms with Crippen molar-refractivity contribution in [3.63, 3.8) is 0 Å². The van der Waals surface area contributed by atoms with Crippen LogP contribution in [0.4, 0.5) is 5.69 Å². The molecule has 0 radical (unpaired) electrons. The number of hydrogen-bond acceptors (Lipinski definition) is 2. The van der Waals surface area contributed by atoms with Gasteiger partial charge in [-0.2, -0.15) is 0 Å². The Labute approximate surface area is 110 Å². The number of rotatable bonds is 1. The van der Waals surface area contributed by atoms with Crippen LogP contribution in [0.1, 0.15) is 5.82 Å². The predicted molar refractivity (Wildman–Crippen MR) is 75.2 cm³/mol. The van der Waals surface area contributed by atoms with Gasteiger partial charge in [0.05, 0.1) is 21.7 Å². The maximum absolute atomic E-state index is 6.26. The highest BCUT2D eigenvalue weighted by atomic mass is 35.5. The third kappa shape index (κ3) is 1.64. The second-order valence-electron chi connectivity index (χ2n) is 4.19. The van der Waals surface area contributed by atoms with Gasteiger partial charge in [-0.3, -0.25) is 4.57 Å². The summed E-state index contributed by atoms with van der Waals surface area (Å²) in [5.74, 6) is 0.905. The summed E-state index contributed by atoms with van der Waals surface area (Å²) >= 11 is 6.26. The van der Waals surface area contributed by atoms with Gasteiger partial charge >= 0.3 is 0 Å². The summed E-state index contributed by atoms with van der Waals surface area (Å²) in [6.45, 7) is 1.96. The average Bonchev–Trinajstić information content (AvgIpc) is 2.66. The largest absolute Gasteiger partial charge is 0.399 e. The number of nitrogen functional groups attached to an aromatic ring is 1. The molecule has 18 heavy (non-hydrogen) atoms. The van der Waals surface area contributed by atoms with Gasteiger partial charge in [-0.05, 0) is 37.3 Å². The highest BCUT2D eigenvalue weighted by Gasteiger charge is 2.11. The molecule has 3 rings (SSSR count). The average molecular weight is 258 g/mol. The molecule has 0 bridgehead atoms. The molecule has 0 amide bonds. The number of aryl methyl sites for hydroxylation is 1. The SMILES string of the molecule is Cc1nc2ccccc2n1-c1ccc(N)cc1Cl. The van der Waals surface area contributed by atoms with E-state index in [4.69, 9.17) is 17.3 Å². The molecule has 0 saturated heterocycles. The molecule has 0 aliphatic rings. The van der Waals surface area contributed by atoms with E-state index in [-0.39, 0.29) is 0 Å². The third-order valence-corrected chi connectivity index (χ3v) is 3.24. The van der Waals surface area contributed by atoms with Crippen LogP contribution in [0.25, 0.3) is 16.7 Å². The molecule has 90 valence electrons. The van der Waals surface area contributed by atoms with Crippen molar-refractivity contribution < 1.29 is 0 Å². The van der Waals surface area contributed by atoms with Gasteiger partial charge in [0.25, 0.3) is 0 Å². The molecule has 0 unspecified atom stereocenters. The molecule has 1 heterocycles. The van der Waals surface area contributed by atoms with Crippen molar-refractivity contribution >= 4 is 28.3 Å². The number of aromatic nitrogens is 2. The van der Waals surface area contributed by atoms with Gasteiger partial charge in [0.2, 0.25) is 0 Å². The Hall–Kier alpha value is -2.00. The Morgan fingerprint density at radius 1 is 1.17 bits per heavy atom. The van der Waals surface area contributed by atoms with Gasteiger partial charge in [0, 0.05) is 5.69 Å². The van der Waals surface area contributed by atoms with Crippen molar-refractivity contribution in [2.24, 2.45) is 0 Å². The van der Waals surface area contributed by atoms with E-state index in [1.807, 2.05) is 47.9 Å². The van der Waals surface area contributed by atoms with Crippen LogP contribution >= 0.6 is 11.6 Å². The van der Waals surface area contributed by atoms with Crippen molar-refractivity contribution in [3.05, 3.63) is 53.3 Å². The number of fused-ring (bicyclic) bond motifs is 1. The van der Waals surface area contributed by atoms with Crippen LogP contribution in [0.2, 0.25) is 5.02 Å². The number of para-hydroxylation sites is 2. The standard InChI is InChI=1S/C14H12ClN3/c1-9-17-12-4-2-3-5-14(12)18(9)13-7-6-10(16)8-11(13)15/h2-8H,16H2,1H3. The maximum Gasteiger partial charge on any atom is 0.111 e. The Kier molecular flexibility index (Phi) is 2.49. The van der Waals surface area contributed by atoms with Crippen molar-refractivity contribution in [1.29, 1.82) is 0 Å². The topological polar surface area (TPSA) is 43.8 Å². The Bertz CT molecular complexity index is 731. The minimum atomic E-state index is 0.626. The number of anilines is 1. The fourth-order valence-corrected chi connectivity index (χ4v) is 2.43. The van der Waals surface area contributed by atoms with Gasteiger partial charge in [-0.25, -0.2) is 4.98 Å². The molecule has 0 fully saturated rings. The number of nitrogens with two attached hydrogens (primary N) is 1. The molecule has 0 spiro atoms. The minimum absolute atomic E-state index is 0.626. The minimum Gasteiger partial charge on any atom is -0.399 e. The fourth-order valence-electron chi connectivity index (χ4n) is 2.16. The molecule has 1 aromatic heterocycles. The fraction of sp³-hybridized carbons (Fsp3) is 0.0714. The summed E-state index contributed by atoms with van der Waals surface area (Å²) in [7, 11) is 0. The molecular formula is C14H12ClN3. The monoisotopic (exact) mass is 257 g/mol. The highest BCUT2D eigenvalue weighted by Crippen LogP contribution is 2.28. The number of imidazole rings is 1. The predicted octanol–water partition coefficient (Wildman–Crippen LogP) is 3.57. The lowest BCUT2D eigenvalue weighted by molar-refractivity contribution is 1.00. The lowest BCUT2D eigenvalue weighted by atomic mass is 10.2. The molecule has 0 aliphatic carbocycles. The van der Waals surface area contributed by atoms with Gasteiger partial charge in [-0.1, -0.05) is 23.7 Å². The lowest BCUT2D eigenvalue weighted by Crippen LogP contribution is -1.98. The van der Waals surface area contributed by atoms with E-state index in [1.165, 1.54) is 0 Å². The van der Waals surface area contributed by atoms with Crippen LogP contribution in [0.5, 0.6) is 0 Å². The van der Waals surface area contributed by atoms with E-state index >= 15 is 0 Å². The van der Waals surface area contributed by atoms with E-state index in [2.05, 4.69) is 4.98 Å². The van der Waals surface area contributed by atoms with Crippen LogP contribution in [-0.4, -0.2) is 9.55 Å². The summed E-state index contributed by atoms with van der Waals surface area (Å²) in [5.41, 5.74) is 9.28. The summed E-state index contributed by atoms with van der Waals surface area (Å²) < 4.78 is 2.04. The van der Waals surface area contributed by atoms with Gasteiger partial charge in [0.15, 0.2) is 0 Å². The molecular weight excluding hydrogens is 246 g/mol. The summed E-state index contributed by atoms with van der Waals surface area (Å²) in [6.07, 6.45) is 0. The molecule has 2 N–H and O–H groups in total. The molecule has 3 nitrogen and oxygen atoms in total. The number of halogens is 1. The molecule has 2 aromatic carbocycles. The lowest BCUT2D eigenvalue weighted by Gasteiger charge is -2.09. The Morgan fingerprint density at radius 2 is 1.94 bits per heavy atom. The smallest absolute Gasteiger partial charge is 0.111 e. The van der Waals surface area contributed by atoms with Crippen molar-refractivity contribution in [2.45, 2.75) is 6.92 Å². The first-order valence-electron chi connectivity index (χ1n) is 5.66. The van der Waals surface area contributed by atoms with Crippen LogP contribution < -0.4 is 5.73 Å². The highest BCUT2D eigenvalue weighted by molar-refractivity contribution is 6.32. The van der Waals surface area contributed by atoms with E-state index in [9.17, 15) is 0 Å². The summed E-state index contributed by atoms with van der Waals surface area (Å²) in [4.78, 5) is 4.53. The molecule has 0 atom stereocenters. The number of nitrogens with zero attached hydrogens (tertiary/aromatic N) is 2. The first kappa shape index (κ1) is 11.1. The van der Waals surface area contributed by atoms with Crippen LogP contribution in [-0.2, 0) is 0 Å². The second-order valence-corrected chi connectivity index (χ2v) is 4.60. The first-order valence-corrected chi connectivity index (χ1v) is 6.04. The van der Waals surface area contributed by atoms with Crippen molar-refractivity contribution in [1.82, 2.24) is 9.55 Å². The zero-order valence-corrected chi connectivity index (χ0v) is 10.6. The molecule has 4 heteroatoms. The van der Waals surface area contributed by atoms with E-state index < -0.39 is 0 Å². The van der Waals surface area contributed by atoms with E-state index in [1.54, 1.807) is 6.07 Å². The molecule has 3 aromatic rings. The van der Waals surface area contributed by atoms with E-state index in [0.717, 1.165) is 22.5 Å². The van der Waals surface area contributed by atoms with Crippen LogP contribution in [0.15, 0.2) is 42.5 Å². The second kappa shape index (κ2) is 4.03. The Morgan fingerprint density at radius 3 is 2.72 bits per heavy atom. The molecule has 0 saturated carbocycles. The van der Waals surface area contributed by atoms with Gasteiger partial charge in [-0.15, -0.1) is 0 Å². The number of hydrogen-bond donors (Lipinski definition) is 1. The van der Waals surface area contributed by atoms with Crippen molar-refractivity contribution in [2.75, 3.05) is 5.73 Å². The molecule has 0 aliphatic heterocycles. The van der Waals surface area contributed by atoms with E-state index in [0.29, 0.717) is 10.7 Å². The number of benzene rings is 2. The quantitative estimate of drug-likeness (QED) is 0.678. The van der Waals surface area contributed by atoms with Crippen molar-refractivity contribution in [3.8, 4) is 5.69 Å². The van der Waals surface area contributed by atoms with Gasteiger partial charge < -0.3 is 5.73 Å². The van der Waals surface area contributed by atoms with Gasteiger partial charge in [0.1, 0.15) is 5.82 Å². The third-order valence-electron chi connectivity index (χ3n) is 2.94.